The summed E-state index contributed by atoms with van der Waals surface area (Å²) in [4.78, 5) is 4.01. The van der Waals surface area contributed by atoms with Gasteiger partial charge in [-0.3, -0.25) is 4.98 Å². The molecule has 1 aromatic heterocycles. The Morgan fingerprint density at radius 1 is 1.42 bits per heavy atom. The molecule has 1 rings (SSSR count). The number of nitrogens with zero attached hydrogens (tertiary/aromatic N) is 1. The summed E-state index contributed by atoms with van der Waals surface area (Å²) in [7, 11) is -3.52. The van der Waals surface area contributed by atoms with Gasteiger partial charge in [0.2, 0.25) is 10.0 Å². The predicted molar refractivity (Wildman–Crippen MR) is 74.8 cm³/mol. The maximum absolute atomic E-state index is 12.0. The Kier molecular flexibility index (Phi) is 5.96. The third-order valence-electron chi connectivity index (χ3n) is 2.37. The van der Waals surface area contributed by atoms with Gasteiger partial charge in [0.1, 0.15) is 4.90 Å². The standard InChI is InChI=1S/C13H19N3O2S/c1-11(2)5-7-16-19(17,18)13-8-12(4-3-6-14)9-15-10-13/h8-11,16H,5-7,14H2,1-2H3. The largest absolute Gasteiger partial charge is 0.320 e. The minimum Gasteiger partial charge on any atom is -0.320 e. The third-order valence-corrected chi connectivity index (χ3v) is 3.80. The predicted octanol–water partition coefficient (Wildman–Crippen LogP) is 0.716. The van der Waals surface area contributed by atoms with Crippen LogP contribution in [-0.2, 0) is 10.0 Å². The Morgan fingerprint density at radius 3 is 2.79 bits per heavy atom. The number of pyridine rings is 1. The SMILES string of the molecule is CC(C)CCNS(=O)(=O)c1cncc(C#CCN)c1. The summed E-state index contributed by atoms with van der Waals surface area (Å²) in [5, 5.41) is 0. The van der Waals surface area contributed by atoms with E-state index in [1.807, 2.05) is 13.8 Å². The van der Waals surface area contributed by atoms with E-state index in [1.165, 1.54) is 18.5 Å². The summed E-state index contributed by atoms with van der Waals surface area (Å²) in [5.41, 5.74) is 5.81. The van der Waals surface area contributed by atoms with Crippen molar-refractivity contribution in [2.24, 2.45) is 11.7 Å². The smallest absolute Gasteiger partial charge is 0.242 e. The van der Waals surface area contributed by atoms with E-state index in [1.54, 1.807) is 0 Å². The Bertz CT molecular complexity index is 571. The molecule has 0 aliphatic rings. The number of sulfonamides is 1. The number of hydrogen-bond donors (Lipinski definition) is 2. The summed E-state index contributed by atoms with van der Waals surface area (Å²) < 4.78 is 26.6. The highest BCUT2D eigenvalue weighted by molar-refractivity contribution is 7.89. The van der Waals surface area contributed by atoms with Crippen molar-refractivity contribution in [3.8, 4) is 11.8 Å². The van der Waals surface area contributed by atoms with Crippen molar-refractivity contribution in [3.63, 3.8) is 0 Å². The molecule has 1 aromatic rings. The number of nitrogens with two attached hydrogens (primary N) is 1. The van der Waals surface area contributed by atoms with Crippen LogP contribution in [-0.4, -0.2) is 26.5 Å². The molecule has 19 heavy (non-hydrogen) atoms. The van der Waals surface area contributed by atoms with Gasteiger partial charge >= 0.3 is 0 Å². The molecule has 0 unspecified atom stereocenters. The lowest BCUT2D eigenvalue weighted by Gasteiger charge is -2.08. The van der Waals surface area contributed by atoms with Crippen molar-refractivity contribution in [2.45, 2.75) is 25.2 Å². The first-order valence-corrected chi connectivity index (χ1v) is 7.57. The number of rotatable bonds is 5. The molecular weight excluding hydrogens is 262 g/mol. The molecule has 104 valence electrons. The molecule has 0 saturated carbocycles. The van der Waals surface area contributed by atoms with Crippen LogP contribution in [0.4, 0.5) is 0 Å². The zero-order chi connectivity index (χ0) is 14.3. The van der Waals surface area contributed by atoms with Crippen LogP contribution in [0.1, 0.15) is 25.8 Å². The minimum absolute atomic E-state index is 0.125. The van der Waals surface area contributed by atoms with E-state index < -0.39 is 10.0 Å². The number of hydrogen-bond acceptors (Lipinski definition) is 4. The number of aromatic nitrogens is 1. The van der Waals surface area contributed by atoms with E-state index in [0.29, 0.717) is 18.0 Å². The second kappa shape index (κ2) is 7.24. The molecule has 0 aromatic carbocycles. The average molecular weight is 281 g/mol. The fourth-order valence-corrected chi connectivity index (χ4v) is 2.39. The lowest BCUT2D eigenvalue weighted by molar-refractivity contribution is 0.551. The highest BCUT2D eigenvalue weighted by atomic mass is 32.2. The van der Waals surface area contributed by atoms with Gasteiger partial charge in [-0.25, -0.2) is 13.1 Å². The van der Waals surface area contributed by atoms with Gasteiger partial charge in [-0.05, 0) is 18.4 Å². The van der Waals surface area contributed by atoms with Crippen molar-refractivity contribution >= 4 is 10.0 Å². The highest BCUT2D eigenvalue weighted by Gasteiger charge is 2.14. The van der Waals surface area contributed by atoms with Crippen LogP contribution in [0.2, 0.25) is 0 Å². The second-order valence-electron chi connectivity index (χ2n) is 4.50. The molecule has 0 aliphatic carbocycles. The highest BCUT2D eigenvalue weighted by Crippen LogP contribution is 2.09. The van der Waals surface area contributed by atoms with E-state index >= 15 is 0 Å². The summed E-state index contributed by atoms with van der Waals surface area (Å²) in [5.74, 6) is 5.87. The first-order valence-electron chi connectivity index (χ1n) is 6.09. The van der Waals surface area contributed by atoms with Crippen molar-refractivity contribution < 1.29 is 8.42 Å². The van der Waals surface area contributed by atoms with Crippen LogP contribution in [0.5, 0.6) is 0 Å². The molecule has 0 bridgehead atoms. The van der Waals surface area contributed by atoms with Crippen molar-refractivity contribution in [1.82, 2.24) is 9.71 Å². The summed E-state index contributed by atoms with van der Waals surface area (Å²) in [6, 6.07) is 1.49. The molecule has 3 N–H and O–H groups in total. The minimum atomic E-state index is -3.52. The van der Waals surface area contributed by atoms with Gasteiger partial charge in [-0.2, -0.15) is 0 Å². The van der Waals surface area contributed by atoms with Gasteiger partial charge < -0.3 is 5.73 Å². The zero-order valence-corrected chi connectivity index (χ0v) is 12.0. The van der Waals surface area contributed by atoms with Crippen LogP contribution in [0.3, 0.4) is 0 Å². The van der Waals surface area contributed by atoms with Gasteiger partial charge in [-0.15, -0.1) is 0 Å². The molecule has 0 amide bonds. The molecule has 0 radical (unpaired) electrons. The molecule has 0 atom stereocenters. The van der Waals surface area contributed by atoms with Gasteiger partial charge in [0.15, 0.2) is 0 Å². The maximum Gasteiger partial charge on any atom is 0.242 e. The Morgan fingerprint density at radius 2 is 2.16 bits per heavy atom. The van der Waals surface area contributed by atoms with Gasteiger partial charge in [0.05, 0.1) is 6.54 Å². The van der Waals surface area contributed by atoms with E-state index in [-0.39, 0.29) is 11.4 Å². The van der Waals surface area contributed by atoms with E-state index in [0.717, 1.165) is 6.42 Å². The van der Waals surface area contributed by atoms with Crippen molar-refractivity contribution in [3.05, 3.63) is 24.0 Å². The van der Waals surface area contributed by atoms with Gasteiger partial charge in [0, 0.05) is 24.5 Å². The molecule has 0 spiro atoms. The summed E-state index contributed by atoms with van der Waals surface area (Å²) in [6.07, 6.45) is 3.61. The second-order valence-corrected chi connectivity index (χ2v) is 6.26. The monoisotopic (exact) mass is 281 g/mol. The molecule has 6 heteroatoms. The fourth-order valence-electron chi connectivity index (χ4n) is 1.35. The van der Waals surface area contributed by atoms with Crippen molar-refractivity contribution in [2.75, 3.05) is 13.1 Å². The average Bonchev–Trinajstić information content (AvgIpc) is 2.36. The first kappa shape index (κ1) is 15.6. The summed E-state index contributed by atoms with van der Waals surface area (Å²) in [6.45, 7) is 4.72. The molecular formula is C13H19N3O2S. The lowest BCUT2D eigenvalue weighted by atomic mass is 10.1. The quantitative estimate of drug-likeness (QED) is 0.779. The molecule has 0 aliphatic heterocycles. The molecule has 5 nitrogen and oxygen atoms in total. The van der Waals surface area contributed by atoms with Gasteiger partial charge in [-0.1, -0.05) is 25.7 Å². The molecule has 0 saturated heterocycles. The molecule has 0 fully saturated rings. The third kappa shape index (κ3) is 5.39. The van der Waals surface area contributed by atoms with E-state index in [2.05, 4.69) is 21.5 Å². The normalized spacial score (nSPS) is 11.2. The van der Waals surface area contributed by atoms with Crippen LogP contribution in [0.25, 0.3) is 0 Å². The van der Waals surface area contributed by atoms with E-state index in [9.17, 15) is 8.42 Å². The number of nitrogens with one attached hydrogen (secondary N) is 1. The first-order chi connectivity index (χ1) is 8.95. The zero-order valence-electron chi connectivity index (χ0n) is 11.2. The van der Waals surface area contributed by atoms with Crippen LogP contribution in [0, 0.1) is 17.8 Å². The fraction of sp³-hybridized carbons (Fsp3) is 0.462. The van der Waals surface area contributed by atoms with Crippen LogP contribution < -0.4 is 10.5 Å². The molecule has 1 heterocycles. The van der Waals surface area contributed by atoms with Crippen LogP contribution in [0.15, 0.2) is 23.4 Å². The van der Waals surface area contributed by atoms with E-state index in [4.69, 9.17) is 5.73 Å². The topological polar surface area (TPSA) is 85.1 Å². The van der Waals surface area contributed by atoms with Crippen molar-refractivity contribution in [1.29, 1.82) is 0 Å². The Balaban J connectivity index is 2.83. The van der Waals surface area contributed by atoms with Gasteiger partial charge in [0.25, 0.3) is 0 Å². The Hall–Kier alpha value is -1.42. The summed E-state index contributed by atoms with van der Waals surface area (Å²) >= 11 is 0. The maximum atomic E-state index is 12.0. The van der Waals surface area contributed by atoms with Crippen LogP contribution >= 0.6 is 0 Å². The lowest BCUT2D eigenvalue weighted by Crippen LogP contribution is -2.25. The Labute approximate surface area is 114 Å².